The zero-order valence-corrected chi connectivity index (χ0v) is 10.8. The number of aromatic nitrogens is 1. The molecule has 5 nitrogen and oxygen atoms in total. The molecule has 0 saturated heterocycles. The molecule has 1 heterocycles. The Bertz CT molecular complexity index is 431. The molecule has 1 aromatic rings. The SMILES string of the molecule is CC(C)C(CCO)NS(=O)(=O)c1ccccn1. The molecule has 0 aliphatic carbocycles. The van der Waals surface area contributed by atoms with Gasteiger partial charge in [0.05, 0.1) is 0 Å². The highest BCUT2D eigenvalue weighted by molar-refractivity contribution is 7.89. The molecule has 0 amide bonds. The van der Waals surface area contributed by atoms with Gasteiger partial charge in [-0.2, -0.15) is 0 Å². The van der Waals surface area contributed by atoms with E-state index in [1.54, 1.807) is 12.1 Å². The number of aliphatic hydroxyl groups is 1. The highest BCUT2D eigenvalue weighted by Crippen LogP contribution is 2.11. The van der Waals surface area contributed by atoms with Crippen LogP contribution in [0.5, 0.6) is 0 Å². The summed E-state index contributed by atoms with van der Waals surface area (Å²) < 4.78 is 26.5. The highest BCUT2D eigenvalue weighted by Gasteiger charge is 2.22. The van der Waals surface area contributed by atoms with Crippen LogP contribution in [0, 0.1) is 5.92 Å². The van der Waals surface area contributed by atoms with Gasteiger partial charge in [-0.15, -0.1) is 0 Å². The Morgan fingerprint density at radius 3 is 2.59 bits per heavy atom. The molecule has 6 heteroatoms. The third-order valence-corrected chi connectivity index (χ3v) is 3.87. The maximum atomic E-state index is 12.0. The summed E-state index contributed by atoms with van der Waals surface area (Å²) in [5, 5.41) is 8.91. The quantitative estimate of drug-likeness (QED) is 0.790. The van der Waals surface area contributed by atoms with E-state index in [1.807, 2.05) is 13.8 Å². The van der Waals surface area contributed by atoms with Crippen LogP contribution >= 0.6 is 0 Å². The van der Waals surface area contributed by atoms with E-state index in [1.165, 1.54) is 12.3 Å². The largest absolute Gasteiger partial charge is 0.396 e. The number of nitrogens with zero attached hydrogens (tertiary/aromatic N) is 1. The molecular weight excluding hydrogens is 240 g/mol. The van der Waals surface area contributed by atoms with E-state index in [0.717, 1.165) is 0 Å². The summed E-state index contributed by atoms with van der Waals surface area (Å²) in [5.41, 5.74) is 0. The maximum Gasteiger partial charge on any atom is 0.258 e. The predicted octanol–water partition coefficient (Wildman–Crippen LogP) is 0.767. The second-order valence-electron chi connectivity index (χ2n) is 4.15. The first kappa shape index (κ1) is 14.1. The molecule has 1 aromatic heterocycles. The highest BCUT2D eigenvalue weighted by atomic mass is 32.2. The number of sulfonamides is 1. The molecule has 96 valence electrons. The third-order valence-electron chi connectivity index (χ3n) is 2.46. The number of pyridine rings is 1. The lowest BCUT2D eigenvalue weighted by atomic mass is 10.0. The van der Waals surface area contributed by atoms with Crippen molar-refractivity contribution in [1.82, 2.24) is 9.71 Å². The van der Waals surface area contributed by atoms with Crippen molar-refractivity contribution in [2.45, 2.75) is 31.3 Å². The van der Waals surface area contributed by atoms with Crippen molar-refractivity contribution < 1.29 is 13.5 Å². The Hall–Kier alpha value is -0.980. The molecule has 1 unspecified atom stereocenters. The molecule has 0 radical (unpaired) electrons. The molecule has 0 saturated carbocycles. The molecular formula is C11H18N2O3S. The van der Waals surface area contributed by atoms with Crippen molar-refractivity contribution in [1.29, 1.82) is 0 Å². The molecule has 2 N–H and O–H groups in total. The van der Waals surface area contributed by atoms with E-state index in [0.29, 0.717) is 6.42 Å². The Morgan fingerprint density at radius 2 is 2.12 bits per heavy atom. The second-order valence-corrected chi connectivity index (χ2v) is 5.81. The van der Waals surface area contributed by atoms with Gasteiger partial charge in [-0.25, -0.2) is 18.1 Å². The number of hydrogen-bond acceptors (Lipinski definition) is 4. The van der Waals surface area contributed by atoms with Crippen molar-refractivity contribution in [2.24, 2.45) is 5.92 Å². The predicted molar refractivity (Wildman–Crippen MR) is 64.9 cm³/mol. The van der Waals surface area contributed by atoms with Gasteiger partial charge in [-0.3, -0.25) is 0 Å². The summed E-state index contributed by atoms with van der Waals surface area (Å²) in [6.07, 6.45) is 1.83. The maximum absolute atomic E-state index is 12.0. The van der Waals surface area contributed by atoms with Crippen molar-refractivity contribution in [2.75, 3.05) is 6.61 Å². The van der Waals surface area contributed by atoms with Crippen molar-refractivity contribution in [3.05, 3.63) is 24.4 Å². The molecule has 17 heavy (non-hydrogen) atoms. The van der Waals surface area contributed by atoms with Crippen LogP contribution in [0.4, 0.5) is 0 Å². The van der Waals surface area contributed by atoms with Crippen LogP contribution in [0.15, 0.2) is 29.4 Å². The molecule has 0 aliphatic rings. The summed E-state index contributed by atoms with van der Waals surface area (Å²) in [5.74, 6) is 0.112. The number of nitrogens with one attached hydrogen (secondary N) is 1. The van der Waals surface area contributed by atoms with Gasteiger partial charge >= 0.3 is 0 Å². The fourth-order valence-corrected chi connectivity index (χ4v) is 2.80. The summed E-state index contributed by atoms with van der Waals surface area (Å²) in [6.45, 7) is 3.76. The van der Waals surface area contributed by atoms with Gasteiger partial charge in [0.2, 0.25) is 0 Å². The van der Waals surface area contributed by atoms with E-state index in [-0.39, 0.29) is 23.6 Å². The Morgan fingerprint density at radius 1 is 1.41 bits per heavy atom. The minimum Gasteiger partial charge on any atom is -0.396 e. The average molecular weight is 258 g/mol. The van der Waals surface area contributed by atoms with Crippen molar-refractivity contribution in [3.63, 3.8) is 0 Å². The van der Waals surface area contributed by atoms with Gasteiger partial charge in [-0.05, 0) is 24.5 Å². The zero-order chi connectivity index (χ0) is 12.9. The number of aliphatic hydroxyl groups excluding tert-OH is 1. The lowest BCUT2D eigenvalue weighted by Crippen LogP contribution is -2.39. The topological polar surface area (TPSA) is 79.3 Å². The molecule has 0 aromatic carbocycles. The minimum atomic E-state index is -3.60. The molecule has 0 bridgehead atoms. The lowest BCUT2D eigenvalue weighted by molar-refractivity contribution is 0.256. The van der Waals surface area contributed by atoms with Crippen LogP contribution in [-0.4, -0.2) is 31.2 Å². The van der Waals surface area contributed by atoms with E-state index in [2.05, 4.69) is 9.71 Å². The molecule has 0 fully saturated rings. The van der Waals surface area contributed by atoms with Crippen LogP contribution < -0.4 is 4.72 Å². The first-order valence-corrected chi connectivity index (χ1v) is 7.00. The zero-order valence-electron chi connectivity index (χ0n) is 10.00. The number of rotatable bonds is 6. The first-order valence-electron chi connectivity index (χ1n) is 5.51. The van der Waals surface area contributed by atoms with Crippen LogP contribution in [-0.2, 0) is 10.0 Å². The number of hydrogen-bond donors (Lipinski definition) is 2. The smallest absolute Gasteiger partial charge is 0.258 e. The Labute approximate surface area is 102 Å². The van der Waals surface area contributed by atoms with Gasteiger partial charge in [0.15, 0.2) is 5.03 Å². The summed E-state index contributed by atoms with van der Waals surface area (Å²) >= 11 is 0. The minimum absolute atomic E-state index is 0.00332. The Balaban J connectivity index is 2.85. The van der Waals surface area contributed by atoms with Gasteiger partial charge in [0, 0.05) is 18.8 Å². The monoisotopic (exact) mass is 258 g/mol. The van der Waals surface area contributed by atoms with Crippen LogP contribution in [0.25, 0.3) is 0 Å². The molecule has 1 atom stereocenters. The van der Waals surface area contributed by atoms with E-state index >= 15 is 0 Å². The summed E-state index contributed by atoms with van der Waals surface area (Å²) in [6, 6.07) is 4.44. The van der Waals surface area contributed by atoms with Crippen LogP contribution in [0.2, 0.25) is 0 Å². The van der Waals surface area contributed by atoms with Gasteiger partial charge in [0.1, 0.15) is 0 Å². The molecule has 1 rings (SSSR count). The third kappa shape index (κ3) is 4.07. The van der Waals surface area contributed by atoms with Gasteiger partial charge in [0.25, 0.3) is 10.0 Å². The Kier molecular flexibility index (Phi) is 5.04. The normalized spacial score (nSPS) is 13.9. The van der Waals surface area contributed by atoms with E-state index < -0.39 is 10.0 Å². The van der Waals surface area contributed by atoms with Crippen molar-refractivity contribution >= 4 is 10.0 Å². The standard InChI is InChI=1S/C11H18N2O3S/c1-9(2)10(6-8-14)13-17(15,16)11-5-3-4-7-12-11/h3-5,7,9-10,13-14H,6,8H2,1-2H3. The second kappa shape index (κ2) is 6.09. The molecule has 0 aliphatic heterocycles. The van der Waals surface area contributed by atoms with Crippen LogP contribution in [0.3, 0.4) is 0 Å². The fraction of sp³-hybridized carbons (Fsp3) is 0.545. The van der Waals surface area contributed by atoms with Gasteiger partial charge < -0.3 is 5.11 Å². The fourth-order valence-electron chi connectivity index (χ4n) is 1.43. The summed E-state index contributed by atoms with van der Waals surface area (Å²) in [7, 11) is -3.60. The lowest BCUT2D eigenvalue weighted by Gasteiger charge is -2.20. The van der Waals surface area contributed by atoms with Gasteiger partial charge in [-0.1, -0.05) is 19.9 Å². The van der Waals surface area contributed by atoms with Crippen molar-refractivity contribution in [3.8, 4) is 0 Å². The molecule has 0 spiro atoms. The first-order chi connectivity index (χ1) is 7.97. The summed E-state index contributed by atoms with van der Waals surface area (Å²) in [4.78, 5) is 3.81. The average Bonchev–Trinajstić information content (AvgIpc) is 2.29. The van der Waals surface area contributed by atoms with E-state index in [4.69, 9.17) is 5.11 Å². The van der Waals surface area contributed by atoms with Crippen LogP contribution in [0.1, 0.15) is 20.3 Å². The van der Waals surface area contributed by atoms with E-state index in [9.17, 15) is 8.42 Å².